The summed E-state index contributed by atoms with van der Waals surface area (Å²) in [6.45, 7) is 0. The Bertz CT molecular complexity index is 701. The van der Waals surface area contributed by atoms with Crippen molar-refractivity contribution in [1.82, 2.24) is 0 Å². The molecule has 0 aliphatic rings. The molecule has 2 aromatic carbocycles. The van der Waals surface area contributed by atoms with E-state index in [0.717, 1.165) is 5.75 Å². The first-order chi connectivity index (χ1) is 9.35. The van der Waals surface area contributed by atoms with Gasteiger partial charge >= 0.3 is 0 Å². The smallest absolute Gasteiger partial charge is 0.128 e. The van der Waals surface area contributed by atoms with Crippen molar-refractivity contribution in [2.45, 2.75) is 4.21 Å². The van der Waals surface area contributed by atoms with E-state index in [4.69, 9.17) is 4.74 Å². The highest BCUT2D eigenvalue weighted by Gasteiger charge is 2.16. The number of benzene rings is 2. The number of thioether (sulfide) groups is 1. The van der Waals surface area contributed by atoms with Gasteiger partial charge in [0.1, 0.15) is 5.75 Å². The molecule has 0 saturated carbocycles. The van der Waals surface area contributed by atoms with Crippen LogP contribution < -0.4 is 4.74 Å². The second kappa shape index (κ2) is 5.27. The summed E-state index contributed by atoms with van der Waals surface area (Å²) in [7, 11) is 1.74. The highest BCUT2D eigenvalue weighted by atomic mass is 32.2. The average molecular weight is 286 g/mol. The zero-order chi connectivity index (χ0) is 13.2. The maximum absolute atomic E-state index is 5.54. The lowest BCUT2D eigenvalue weighted by atomic mass is 10.0. The Hall–Kier alpha value is -1.45. The molecule has 1 heterocycles. The monoisotopic (exact) mass is 286 g/mol. The van der Waals surface area contributed by atoms with Crippen molar-refractivity contribution >= 4 is 33.2 Å². The highest BCUT2D eigenvalue weighted by Crippen LogP contribution is 2.46. The van der Waals surface area contributed by atoms with Gasteiger partial charge in [-0.15, -0.1) is 23.1 Å². The van der Waals surface area contributed by atoms with E-state index in [9.17, 15) is 0 Å². The first-order valence-electron chi connectivity index (χ1n) is 6.04. The van der Waals surface area contributed by atoms with Crippen molar-refractivity contribution < 1.29 is 4.74 Å². The summed E-state index contributed by atoms with van der Waals surface area (Å²) in [5.74, 6) is 0.952. The van der Waals surface area contributed by atoms with Crippen LogP contribution in [0.15, 0.2) is 52.7 Å². The maximum atomic E-state index is 5.54. The molecule has 3 rings (SSSR count). The second-order valence-electron chi connectivity index (χ2n) is 4.17. The van der Waals surface area contributed by atoms with Gasteiger partial charge < -0.3 is 4.74 Å². The zero-order valence-corrected chi connectivity index (χ0v) is 12.5. The van der Waals surface area contributed by atoms with E-state index in [1.165, 1.54) is 25.4 Å². The molecule has 0 atom stereocenters. The minimum Gasteiger partial charge on any atom is -0.496 e. The lowest BCUT2D eigenvalue weighted by Gasteiger charge is -2.06. The summed E-state index contributed by atoms with van der Waals surface area (Å²) >= 11 is 3.63. The summed E-state index contributed by atoms with van der Waals surface area (Å²) in [4.78, 5) is 0. The fourth-order valence-electron chi connectivity index (χ4n) is 2.28. The molecule has 96 valence electrons. The molecule has 3 aromatic rings. The van der Waals surface area contributed by atoms with Crippen LogP contribution in [0.1, 0.15) is 0 Å². The third-order valence-corrected chi connectivity index (χ3v) is 5.39. The van der Waals surface area contributed by atoms with Crippen LogP contribution in [-0.2, 0) is 0 Å². The molecular formula is C16H14OS2. The second-order valence-corrected chi connectivity index (χ2v) is 6.30. The van der Waals surface area contributed by atoms with E-state index in [1.807, 2.05) is 23.5 Å². The van der Waals surface area contributed by atoms with Gasteiger partial charge in [-0.25, -0.2) is 0 Å². The van der Waals surface area contributed by atoms with Crippen molar-refractivity contribution in [2.75, 3.05) is 13.4 Å². The maximum Gasteiger partial charge on any atom is 0.128 e. The standard InChI is InChI=1S/C16H14OS2/c1-17-12-9-6-10-13-15(12)14(16(18-2)19-13)11-7-4-3-5-8-11/h3-10H,1-2H3. The molecule has 0 unspecified atom stereocenters. The van der Waals surface area contributed by atoms with Crippen LogP contribution in [0.4, 0.5) is 0 Å². The van der Waals surface area contributed by atoms with Crippen LogP contribution in [0.25, 0.3) is 21.2 Å². The van der Waals surface area contributed by atoms with E-state index < -0.39 is 0 Å². The minimum absolute atomic E-state index is 0.952. The lowest BCUT2D eigenvalue weighted by Crippen LogP contribution is -1.84. The predicted octanol–water partition coefficient (Wildman–Crippen LogP) is 5.30. The Kier molecular flexibility index (Phi) is 3.49. The fourth-order valence-corrected chi connectivity index (χ4v) is 4.28. The third-order valence-electron chi connectivity index (χ3n) is 3.11. The molecule has 0 aliphatic carbocycles. The Morgan fingerprint density at radius 1 is 1.00 bits per heavy atom. The normalized spacial score (nSPS) is 10.8. The van der Waals surface area contributed by atoms with E-state index >= 15 is 0 Å². The highest BCUT2D eigenvalue weighted by molar-refractivity contribution is 8.00. The number of ether oxygens (including phenoxy) is 1. The number of fused-ring (bicyclic) bond motifs is 1. The van der Waals surface area contributed by atoms with Crippen LogP contribution in [0.5, 0.6) is 5.75 Å². The van der Waals surface area contributed by atoms with E-state index in [2.05, 4.69) is 42.7 Å². The first kappa shape index (κ1) is 12.6. The molecule has 0 N–H and O–H groups in total. The average Bonchev–Trinajstić information content (AvgIpc) is 2.86. The molecule has 19 heavy (non-hydrogen) atoms. The van der Waals surface area contributed by atoms with Crippen molar-refractivity contribution in [3.05, 3.63) is 48.5 Å². The van der Waals surface area contributed by atoms with Crippen molar-refractivity contribution in [2.24, 2.45) is 0 Å². The Morgan fingerprint density at radius 2 is 1.79 bits per heavy atom. The van der Waals surface area contributed by atoms with Gasteiger partial charge in [-0.05, 0) is 24.0 Å². The van der Waals surface area contributed by atoms with Gasteiger partial charge in [-0.1, -0.05) is 36.4 Å². The summed E-state index contributed by atoms with van der Waals surface area (Å²) in [6.07, 6.45) is 2.13. The largest absolute Gasteiger partial charge is 0.496 e. The zero-order valence-electron chi connectivity index (χ0n) is 10.8. The summed E-state index contributed by atoms with van der Waals surface area (Å²) in [5, 5.41) is 1.23. The molecule has 0 saturated heterocycles. The molecular weight excluding hydrogens is 272 g/mol. The van der Waals surface area contributed by atoms with E-state index in [-0.39, 0.29) is 0 Å². The fraction of sp³-hybridized carbons (Fsp3) is 0.125. The van der Waals surface area contributed by atoms with Gasteiger partial charge in [0.25, 0.3) is 0 Å². The molecule has 0 aliphatic heterocycles. The van der Waals surface area contributed by atoms with Gasteiger partial charge in [-0.3, -0.25) is 0 Å². The molecule has 0 radical (unpaired) electrons. The van der Waals surface area contributed by atoms with Gasteiger partial charge in [-0.2, -0.15) is 0 Å². The van der Waals surface area contributed by atoms with Crippen LogP contribution in [0.3, 0.4) is 0 Å². The number of hydrogen-bond acceptors (Lipinski definition) is 3. The summed E-state index contributed by atoms with van der Waals surface area (Å²) in [6, 6.07) is 16.8. The lowest BCUT2D eigenvalue weighted by molar-refractivity contribution is 0.420. The molecule has 0 fully saturated rings. The summed E-state index contributed by atoms with van der Waals surface area (Å²) in [5.41, 5.74) is 2.55. The van der Waals surface area contributed by atoms with E-state index in [1.54, 1.807) is 18.9 Å². The van der Waals surface area contributed by atoms with Gasteiger partial charge in [0.15, 0.2) is 0 Å². The SMILES string of the molecule is COc1cccc2sc(SC)c(-c3ccccc3)c12. The van der Waals surface area contributed by atoms with Crippen LogP contribution in [0.2, 0.25) is 0 Å². The van der Waals surface area contributed by atoms with Crippen molar-refractivity contribution in [3.63, 3.8) is 0 Å². The van der Waals surface area contributed by atoms with Crippen LogP contribution in [-0.4, -0.2) is 13.4 Å². The number of hydrogen-bond donors (Lipinski definition) is 0. The molecule has 0 spiro atoms. The topological polar surface area (TPSA) is 9.23 Å². The van der Waals surface area contributed by atoms with Crippen molar-refractivity contribution in [3.8, 4) is 16.9 Å². The van der Waals surface area contributed by atoms with Crippen LogP contribution >= 0.6 is 23.1 Å². The number of thiophene rings is 1. The first-order valence-corrected chi connectivity index (χ1v) is 8.08. The van der Waals surface area contributed by atoms with Gasteiger partial charge in [0.2, 0.25) is 0 Å². The van der Waals surface area contributed by atoms with E-state index in [0.29, 0.717) is 0 Å². The molecule has 0 amide bonds. The van der Waals surface area contributed by atoms with Gasteiger partial charge in [0.05, 0.1) is 11.3 Å². The molecule has 3 heteroatoms. The number of rotatable bonds is 3. The quantitative estimate of drug-likeness (QED) is 0.604. The molecule has 1 nitrogen and oxygen atoms in total. The summed E-state index contributed by atoms with van der Waals surface area (Å²) < 4.78 is 8.16. The number of methoxy groups -OCH3 is 1. The third kappa shape index (κ3) is 2.13. The predicted molar refractivity (Wildman–Crippen MR) is 85.6 cm³/mol. The molecule has 0 bridgehead atoms. The Labute approximate surface area is 121 Å². The van der Waals surface area contributed by atoms with Crippen LogP contribution in [0, 0.1) is 0 Å². The Morgan fingerprint density at radius 3 is 2.47 bits per heavy atom. The van der Waals surface area contributed by atoms with Crippen molar-refractivity contribution in [1.29, 1.82) is 0 Å². The van der Waals surface area contributed by atoms with Gasteiger partial charge in [0, 0.05) is 15.6 Å². The minimum atomic E-state index is 0.952. The Balaban J connectivity index is 2.38. The molecule has 1 aromatic heterocycles.